The molecule has 0 radical (unpaired) electrons. The van der Waals surface area contributed by atoms with Crippen LogP contribution in [0.4, 0.5) is 5.69 Å². The van der Waals surface area contributed by atoms with E-state index in [1.807, 2.05) is 56.3 Å². The lowest BCUT2D eigenvalue weighted by Gasteiger charge is -2.17. The molecule has 2 aromatic rings. The number of aryl methyl sites for hydroxylation is 1. The summed E-state index contributed by atoms with van der Waals surface area (Å²) in [5.74, 6) is 0.583. The van der Waals surface area contributed by atoms with Crippen molar-refractivity contribution in [3.05, 3.63) is 53.1 Å². The van der Waals surface area contributed by atoms with E-state index in [4.69, 9.17) is 21.1 Å². The van der Waals surface area contributed by atoms with Crippen LogP contribution < -0.4 is 10.1 Å². The Morgan fingerprint density at radius 1 is 1.37 bits per heavy atom. The number of amides is 1. The Hall–Kier alpha value is -1.69. The van der Waals surface area contributed by atoms with E-state index >= 15 is 0 Å². The van der Waals surface area contributed by atoms with Crippen LogP contribution >= 0.6 is 23.4 Å². The highest BCUT2D eigenvalue weighted by Gasteiger charge is 2.20. The Balaban J connectivity index is 1.64. The molecule has 2 aromatic carbocycles. The third-order valence-electron chi connectivity index (χ3n) is 4.35. The molecule has 0 aromatic heterocycles. The van der Waals surface area contributed by atoms with Crippen molar-refractivity contribution in [3.63, 3.8) is 0 Å². The summed E-state index contributed by atoms with van der Waals surface area (Å²) in [7, 11) is 0. The highest BCUT2D eigenvalue weighted by Crippen LogP contribution is 2.32. The third-order valence-corrected chi connectivity index (χ3v) is 5.97. The van der Waals surface area contributed by atoms with Gasteiger partial charge in [0.2, 0.25) is 5.91 Å². The second-order valence-corrected chi connectivity index (χ2v) is 8.42. The molecule has 4 nitrogen and oxygen atoms in total. The van der Waals surface area contributed by atoms with Crippen LogP contribution in [0.3, 0.4) is 0 Å². The smallest absolute Gasteiger partial charge is 0.237 e. The van der Waals surface area contributed by atoms with Crippen molar-refractivity contribution >= 4 is 35.0 Å². The summed E-state index contributed by atoms with van der Waals surface area (Å²) in [5.41, 5.74) is 1.75. The van der Waals surface area contributed by atoms with Gasteiger partial charge >= 0.3 is 0 Å². The highest BCUT2D eigenvalue weighted by molar-refractivity contribution is 8.00. The molecule has 1 N–H and O–H groups in total. The van der Waals surface area contributed by atoms with Gasteiger partial charge in [-0.2, -0.15) is 0 Å². The zero-order chi connectivity index (χ0) is 19.2. The first-order valence-corrected chi connectivity index (χ1v) is 10.4. The van der Waals surface area contributed by atoms with Gasteiger partial charge in [0.15, 0.2) is 0 Å². The molecule has 1 fully saturated rings. The summed E-state index contributed by atoms with van der Waals surface area (Å²) in [6, 6.07) is 13.3. The lowest BCUT2D eigenvalue weighted by atomic mass is 10.2. The van der Waals surface area contributed by atoms with Gasteiger partial charge in [0, 0.05) is 11.5 Å². The van der Waals surface area contributed by atoms with E-state index in [-0.39, 0.29) is 17.3 Å². The Morgan fingerprint density at radius 3 is 2.93 bits per heavy atom. The SMILES string of the molecule is Cc1ccc(NC(=O)C(C)Sc2ccccc2Cl)c(OCC2CCCO2)c1. The number of hydrogen-bond donors (Lipinski definition) is 1. The molecule has 1 saturated heterocycles. The van der Waals surface area contributed by atoms with Gasteiger partial charge in [0.25, 0.3) is 0 Å². The maximum absolute atomic E-state index is 12.7. The van der Waals surface area contributed by atoms with Gasteiger partial charge in [-0.3, -0.25) is 4.79 Å². The predicted octanol–water partition coefficient (Wildman–Crippen LogP) is 5.33. The molecule has 1 amide bonds. The number of ether oxygens (including phenoxy) is 2. The molecule has 1 aliphatic rings. The first kappa shape index (κ1) is 20.1. The first-order valence-electron chi connectivity index (χ1n) is 9.10. The molecule has 0 spiro atoms. The zero-order valence-electron chi connectivity index (χ0n) is 15.5. The number of hydrogen-bond acceptors (Lipinski definition) is 4. The van der Waals surface area contributed by atoms with E-state index in [1.165, 1.54) is 11.8 Å². The molecule has 0 saturated carbocycles. The van der Waals surface area contributed by atoms with Crippen molar-refractivity contribution in [2.45, 2.75) is 42.9 Å². The minimum Gasteiger partial charge on any atom is -0.489 e. The van der Waals surface area contributed by atoms with E-state index in [0.717, 1.165) is 29.9 Å². The van der Waals surface area contributed by atoms with Crippen molar-refractivity contribution in [2.24, 2.45) is 0 Å². The molecule has 2 unspecified atom stereocenters. The summed E-state index contributed by atoms with van der Waals surface area (Å²) in [4.78, 5) is 13.6. The number of nitrogens with one attached hydrogen (secondary N) is 1. The molecular formula is C21H24ClNO3S. The van der Waals surface area contributed by atoms with Gasteiger partial charge in [0.1, 0.15) is 12.4 Å². The molecule has 0 aliphatic carbocycles. The number of carbonyl (C=O) groups is 1. The molecule has 3 rings (SSSR count). The number of benzene rings is 2. The Kier molecular flexibility index (Phi) is 7.05. The number of halogens is 1. The van der Waals surface area contributed by atoms with E-state index in [1.54, 1.807) is 0 Å². The van der Waals surface area contributed by atoms with Crippen LogP contribution in [0, 0.1) is 6.92 Å². The summed E-state index contributed by atoms with van der Waals surface area (Å²) >= 11 is 7.63. The van der Waals surface area contributed by atoms with Crippen molar-refractivity contribution < 1.29 is 14.3 Å². The quantitative estimate of drug-likeness (QED) is 0.633. The molecule has 27 heavy (non-hydrogen) atoms. The largest absolute Gasteiger partial charge is 0.489 e. The minimum absolute atomic E-state index is 0.0919. The van der Waals surface area contributed by atoms with E-state index in [2.05, 4.69) is 5.32 Å². The lowest BCUT2D eigenvalue weighted by molar-refractivity contribution is -0.115. The fourth-order valence-corrected chi connectivity index (χ4v) is 3.98. The maximum Gasteiger partial charge on any atom is 0.237 e. The topological polar surface area (TPSA) is 47.6 Å². The zero-order valence-corrected chi connectivity index (χ0v) is 17.1. The van der Waals surface area contributed by atoms with Crippen LogP contribution in [-0.4, -0.2) is 30.5 Å². The maximum atomic E-state index is 12.7. The van der Waals surface area contributed by atoms with E-state index in [0.29, 0.717) is 23.1 Å². The van der Waals surface area contributed by atoms with Gasteiger partial charge in [-0.25, -0.2) is 0 Å². The molecule has 2 atom stereocenters. The molecule has 1 aliphatic heterocycles. The highest BCUT2D eigenvalue weighted by atomic mass is 35.5. The fourth-order valence-electron chi connectivity index (χ4n) is 2.83. The van der Waals surface area contributed by atoms with E-state index in [9.17, 15) is 4.79 Å². The molecule has 6 heteroatoms. The normalized spacial score (nSPS) is 17.5. The van der Waals surface area contributed by atoms with Crippen LogP contribution in [0.15, 0.2) is 47.4 Å². The summed E-state index contributed by atoms with van der Waals surface area (Å²) in [6.45, 7) is 5.16. The second-order valence-electron chi connectivity index (χ2n) is 6.63. The van der Waals surface area contributed by atoms with Crippen LogP contribution in [0.5, 0.6) is 5.75 Å². The van der Waals surface area contributed by atoms with Gasteiger partial charge in [-0.05, 0) is 56.5 Å². The Labute approximate surface area is 169 Å². The monoisotopic (exact) mass is 405 g/mol. The predicted molar refractivity (Wildman–Crippen MR) is 111 cm³/mol. The summed E-state index contributed by atoms with van der Waals surface area (Å²) in [6.07, 6.45) is 2.21. The number of thioether (sulfide) groups is 1. The molecule has 1 heterocycles. The Morgan fingerprint density at radius 2 is 2.19 bits per heavy atom. The number of anilines is 1. The number of carbonyl (C=O) groups excluding carboxylic acids is 1. The van der Waals surface area contributed by atoms with Crippen molar-refractivity contribution in [1.82, 2.24) is 0 Å². The third kappa shape index (κ3) is 5.64. The standard InChI is InChI=1S/C21H24ClNO3S/c1-14-9-10-18(19(12-14)26-13-16-6-5-11-25-16)23-21(24)15(2)27-20-8-4-3-7-17(20)22/h3-4,7-10,12,15-16H,5-6,11,13H2,1-2H3,(H,23,24). The van der Waals surface area contributed by atoms with Gasteiger partial charge in [-0.1, -0.05) is 29.8 Å². The molecule has 144 valence electrons. The first-order chi connectivity index (χ1) is 13.0. The Bertz CT molecular complexity index is 793. The van der Waals surface area contributed by atoms with Gasteiger partial charge < -0.3 is 14.8 Å². The van der Waals surface area contributed by atoms with Crippen molar-refractivity contribution in [3.8, 4) is 5.75 Å². The molecule has 0 bridgehead atoms. The summed E-state index contributed by atoms with van der Waals surface area (Å²) in [5, 5.41) is 3.34. The van der Waals surface area contributed by atoms with Crippen LogP contribution in [0.25, 0.3) is 0 Å². The average Bonchev–Trinajstić information content (AvgIpc) is 3.17. The average molecular weight is 406 g/mol. The van der Waals surface area contributed by atoms with Crippen molar-refractivity contribution in [2.75, 3.05) is 18.5 Å². The van der Waals surface area contributed by atoms with E-state index < -0.39 is 0 Å². The second kappa shape index (κ2) is 9.49. The minimum atomic E-state index is -0.294. The fraction of sp³-hybridized carbons (Fsp3) is 0.381. The lowest BCUT2D eigenvalue weighted by Crippen LogP contribution is -2.23. The van der Waals surface area contributed by atoms with Gasteiger partial charge in [-0.15, -0.1) is 11.8 Å². The van der Waals surface area contributed by atoms with Crippen molar-refractivity contribution in [1.29, 1.82) is 0 Å². The molecular weight excluding hydrogens is 382 g/mol. The number of rotatable bonds is 7. The van der Waals surface area contributed by atoms with Crippen LogP contribution in [0.2, 0.25) is 5.02 Å². The van der Waals surface area contributed by atoms with Gasteiger partial charge in [0.05, 0.1) is 22.1 Å². The summed E-state index contributed by atoms with van der Waals surface area (Å²) < 4.78 is 11.6. The van der Waals surface area contributed by atoms with Crippen LogP contribution in [-0.2, 0) is 9.53 Å². The van der Waals surface area contributed by atoms with Crippen LogP contribution in [0.1, 0.15) is 25.3 Å².